The van der Waals surface area contributed by atoms with E-state index in [4.69, 9.17) is 0 Å². The monoisotopic (exact) mass is 327 g/mol. The number of rotatable bonds is 3. The van der Waals surface area contributed by atoms with Gasteiger partial charge >= 0.3 is 6.03 Å². The number of nitrogens with one attached hydrogen (secondary N) is 2. The normalized spacial score (nSPS) is 13.4. The Morgan fingerprint density at radius 2 is 1.92 bits per heavy atom. The predicted octanol–water partition coefficient (Wildman–Crippen LogP) is 3.06. The van der Waals surface area contributed by atoms with Crippen molar-refractivity contribution in [2.24, 2.45) is 0 Å². The first-order chi connectivity index (χ1) is 11.5. The lowest BCUT2D eigenvalue weighted by Crippen LogP contribution is -2.31. The van der Waals surface area contributed by atoms with Crippen LogP contribution < -0.4 is 15.5 Å². The number of fused-ring (bicyclic) bond motifs is 1. The van der Waals surface area contributed by atoms with E-state index in [1.165, 1.54) is 12.1 Å². The Morgan fingerprint density at radius 1 is 1.17 bits per heavy atom. The van der Waals surface area contributed by atoms with Gasteiger partial charge in [-0.2, -0.15) is 0 Å². The maximum Gasteiger partial charge on any atom is 0.319 e. The van der Waals surface area contributed by atoms with Crippen LogP contribution in [-0.4, -0.2) is 19.0 Å². The Bertz CT molecular complexity index is 774. The number of benzene rings is 2. The van der Waals surface area contributed by atoms with E-state index in [2.05, 4.69) is 10.6 Å². The van der Waals surface area contributed by atoms with E-state index in [9.17, 15) is 14.0 Å². The lowest BCUT2D eigenvalue weighted by Gasteiger charge is -2.26. The molecular weight excluding hydrogens is 309 g/mol. The molecule has 2 N–H and O–H groups in total. The van der Waals surface area contributed by atoms with E-state index in [-0.39, 0.29) is 17.8 Å². The van der Waals surface area contributed by atoms with Crippen molar-refractivity contribution in [2.75, 3.05) is 17.3 Å². The third-order valence-electron chi connectivity index (χ3n) is 4.05. The fraction of sp³-hybridized carbons (Fsp3) is 0.222. The summed E-state index contributed by atoms with van der Waals surface area (Å²) in [4.78, 5) is 25.3. The Hall–Kier alpha value is -2.89. The van der Waals surface area contributed by atoms with Crippen molar-refractivity contribution in [1.82, 2.24) is 5.32 Å². The molecule has 0 spiro atoms. The molecule has 3 rings (SSSR count). The summed E-state index contributed by atoms with van der Waals surface area (Å²) in [5.74, 6) is -0.207. The van der Waals surface area contributed by atoms with Gasteiger partial charge in [-0.1, -0.05) is 12.1 Å². The number of aryl methyl sites for hydroxylation is 1. The van der Waals surface area contributed by atoms with Gasteiger partial charge in [-0.25, -0.2) is 9.18 Å². The Kier molecular flexibility index (Phi) is 4.46. The molecule has 1 aliphatic rings. The highest BCUT2D eigenvalue weighted by Crippen LogP contribution is 2.29. The van der Waals surface area contributed by atoms with Gasteiger partial charge in [0.15, 0.2) is 0 Å². The minimum atomic E-state index is -0.334. The highest BCUT2D eigenvalue weighted by Gasteiger charge is 2.20. The number of hydrogen-bond donors (Lipinski definition) is 2. The fourth-order valence-electron chi connectivity index (χ4n) is 2.69. The van der Waals surface area contributed by atoms with Crippen molar-refractivity contribution in [3.05, 3.63) is 59.4 Å². The van der Waals surface area contributed by atoms with E-state index < -0.39 is 0 Å². The summed E-state index contributed by atoms with van der Waals surface area (Å²) in [6.45, 7) is 0.314. The third-order valence-corrected chi connectivity index (χ3v) is 4.05. The van der Waals surface area contributed by atoms with Crippen molar-refractivity contribution in [1.29, 1.82) is 0 Å². The molecule has 1 aliphatic heterocycles. The van der Waals surface area contributed by atoms with Gasteiger partial charge in [-0.3, -0.25) is 4.79 Å². The van der Waals surface area contributed by atoms with Crippen LogP contribution in [0.5, 0.6) is 0 Å². The predicted molar refractivity (Wildman–Crippen MR) is 90.4 cm³/mol. The number of halogens is 1. The molecule has 0 aromatic heterocycles. The molecule has 0 aliphatic carbocycles. The summed E-state index contributed by atoms with van der Waals surface area (Å²) >= 11 is 0. The van der Waals surface area contributed by atoms with Crippen molar-refractivity contribution in [3.63, 3.8) is 0 Å². The van der Waals surface area contributed by atoms with Crippen molar-refractivity contribution < 1.29 is 14.0 Å². The summed E-state index contributed by atoms with van der Waals surface area (Å²) in [5.41, 5.74) is 3.40. The van der Waals surface area contributed by atoms with E-state index in [0.29, 0.717) is 25.1 Å². The SMILES string of the molecule is CN1C(=O)CCc2cc(NC(=O)NCc3ccc(F)cc3)ccc21. The van der Waals surface area contributed by atoms with Gasteiger partial charge in [0.1, 0.15) is 5.82 Å². The summed E-state index contributed by atoms with van der Waals surface area (Å²) in [6, 6.07) is 11.1. The van der Waals surface area contributed by atoms with Crippen LogP contribution in [0.2, 0.25) is 0 Å². The lowest BCUT2D eigenvalue weighted by molar-refractivity contribution is -0.118. The first kappa shape index (κ1) is 16.0. The maximum absolute atomic E-state index is 12.8. The van der Waals surface area contributed by atoms with Gasteiger partial charge < -0.3 is 15.5 Å². The Labute approximate surface area is 139 Å². The molecule has 0 fully saturated rings. The van der Waals surface area contributed by atoms with Crippen LogP contribution in [0.1, 0.15) is 17.5 Å². The highest BCUT2D eigenvalue weighted by molar-refractivity contribution is 5.97. The number of anilines is 2. The van der Waals surface area contributed by atoms with E-state index in [0.717, 1.165) is 16.8 Å². The van der Waals surface area contributed by atoms with Gasteiger partial charge in [0.05, 0.1) is 0 Å². The summed E-state index contributed by atoms with van der Waals surface area (Å²) in [7, 11) is 1.75. The Morgan fingerprint density at radius 3 is 2.67 bits per heavy atom. The van der Waals surface area contributed by atoms with E-state index in [1.54, 1.807) is 30.1 Å². The number of amides is 3. The number of carbonyl (C=O) groups excluding carboxylic acids is 2. The van der Waals surface area contributed by atoms with Gasteiger partial charge in [0.25, 0.3) is 0 Å². The summed E-state index contributed by atoms with van der Waals surface area (Å²) in [6.07, 6.45) is 1.15. The molecule has 0 unspecified atom stereocenters. The number of hydrogen-bond acceptors (Lipinski definition) is 2. The number of nitrogens with zero attached hydrogens (tertiary/aromatic N) is 1. The molecule has 0 saturated carbocycles. The smallest absolute Gasteiger partial charge is 0.319 e. The quantitative estimate of drug-likeness (QED) is 0.910. The Balaban J connectivity index is 1.60. The first-order valence-electron chi connectivity index (χ1n) is 7.72. The third kappa shape index (κ3) is 3.53. The summed E-state index contributed by atoms with van der Waals surface area (Å²) in [5, 5.41) is 5.50. The molecule has 6 heteroatoms. The molecule has 0 bridgehead atoms. The molecule has 2 aromatic carbocycles. The minimum absolute atomic E-state index is 0.0975. The van der Waals surface area contributed by atoms with Crippen LogP contribution in [0, 0.1) is 5.82 Å². The van der Waals surface area contributed by atoms with Gasteiger partial charge in [0.2, 0.25) is 5.91 Å². The maximum atomic E-state index is 12.8. The highest BCUT2D eigenvalue weighted by atomic mass is 19.1. The zero-order valence-electron chi connectivity index (χ0n) is 13.3. The summed E-state index contributed by atoms with van der Waals surface area (Å²) < 4.78 is 12.8. The largest absolute Gasteiger partial charge is 0.334 e. The van der Waals surface area contributed by atoms with Gasteiger partial charge in [-0.05, 0) is 47.9 Å². The van der Waals surface area contributed by atoms with Crippen molar-refractivity contribution in [3.8, 4) is 0 Å². The average Bonchev–Trinajstić information content (AvgIpc) is 2.58. The standard InChI is InChI=1S/C18H18FN3O2/c1-22-16-8-7-15(10-13(16)4-9-17(22)23)21-18(24)20-11-12-2-5-14(19)6-3-12/h2-3,5-8,10H,4,9,11H2,1H3,(H2,20,21,24). The lowest BCUT2D eigenvalue weighted by atomic mass is 10.0. The topological polar surface area (TPSA) is 61.4 Å². The molecule has 5 nitrogen and oxygen atoms in total. The average molecular weight is 327 g/mol. The zero-order chi connectivity index (χ0) is 17.1. The van der Waals surface area contributed by atoms with E-state index >= 15 is 0 Å². The molecular formula is C18H18FN3O2. The van der Waals surface area contributed by atoms with E-state index in [1.807, 2.05) is 12.1 Å². The van der Waals surface area contributed by atoms with Gasteiger partial charge in [0, 0.05) is 31.4 Å². The molecule has 0 radical (unpaired) electrons. The van der Waals surface area contributed by atoms with Crippen molar-refractivity contribution >= 4 is 23.3 Å². The van der Waals surface area contributed by atoms with Crippen LogP contribution in [-0.2, 0) is 17.8 Å². The molecule has 0 saturated heterocycles. The molecule has 1 heterocycles. The number of carbonyl (C=O) groups is 2. The van der Waals surface area contributed by atoms with Crippen LogP contribution in [0.25, 0.3) is 0 Å². The van der Waals surface area contributed by atoms with Crippen LogP contribution >= 0.6 is 0 Å². The zero-order valence-corrected chi connectivity index (χ0v) is 13.3. The molecule has 2 aromatic rings. The molecule has 0 atom stereocenters. The van der Waals surface area contributed by atoms with Crippen LogP contribution in [0.3, 0.4) is 0 Å². The number of urea groups is 1. The van der Waals surface area contributed by atoms with Crippen molar-refractivity contribution in [2.45, 2.75) is 19.4 Å². The first-order valence-corrected chi connectivity index (χ1v) is 7.72. The second kappa shape index (κ2) is 6.70. The minimum Gasteiger partial charge on any atom is -0.334 e. The van der Waals surface area contributed by atoms with Crippen LogP contribution in [0.4, 0.5) is 20.6 Å². The van der Waals surface area contributed by atoms with Crippen LogP contribution in [0.15, 0.2) is 42.5 Å². The second-order valence-corrected chi connectivity index (χ2v) is 5.73. The van der Waals surface area contributed by atoms with Gasteiger partial charge in [-0.15, -0.1) is 0 Å². The fourth-order valence-corrected chi connectivity index (χ4v) is 2.69. The molecule has 3 amide bonds. The molecule has 124 valence electrons. The second-order valence-electron chi connectivity index (χ2n) is 5.73. The molecule has 24 heavy (non-hydrogen) atoms.